The first kappa shape index (κ1) is 17.3. The summed E-state index contributed by atoms with van der Waals surface area (Å²) in [6.45, 7) is 0.0442. The lowest BCUT2D eigenvalue weighted by atomic mass is 9.94. The van der Waals surface area contributed by atoms with Gasteiger partial charge in [-0.1, -0.05) is 18.2 Å². The highest BCUT2D eigenvalue weighted by Crippen LogP contribution is 2.35. The van der Waals surface area contributed by atoms with Crippen molar-refractivity contribution in [2.24, 2.45) is 0 Å². The molecule has 0 aliphatic carbocycles. The van der Waals surface area contributed by atoms with Crippen LogP contribution in [0.5, 0.6) is 17.2 Å². The molecule has 0 aromatic heterocycles. The minimum atomic E-state index is -1.32. The lowest BCUT2D eigenvalue weighted by Crippen LogP contribution is -2.13. The van der Waals surface area contributed by atoms with Crippen LogP contribution >= 0.6 is 0 Å². The van der Waals surface area contributed by atoms with Crippen molar-refractivity contribution in [1.82, 2.24) is 0 Å². The normalized spacial score (nSPS) is 13.1. The number of carbonyl (C=O) groups is 2. The molecule has 1 aliphatic rings. The molecule has 0 radical (unpaired) electrons. The van der Waals surface area contributed by atoms with Crippen LogP contribution in [0, 0.1) is 0 Å². The highest BCUT2D eigenvalue weighted by molar-refractivity contribution is 6.22. The van der Waals surface area contributed by atoms with Crippen molar-refractivity contribution in [3.05, 3.63) is 59.2 Å². The number of ether oxygens (including phenoxy) is 3. The zero-order chi connectivity index (χ0) is 18.7. The topological polar surface area (TPSA) is 102 Å². The van der Waals surface area contributed by atoms with E-state index in [1.165, 1.54) is 19.2 Å². The summed E-state index contributed by atoms with van der Waals surface area (Å²) in [6.07, 6.45) is -0.0462. The van der Waals surface area contributed by atoms with Crippen molar-refractivity contribution in [3.8, 4) is 17.2 Å². The summed E-state index contributed by atoms with van der Waals surface area (Å²) in [5, 5.41) is 19.2. The first-order chi connectivity index (χ1) is 12.5. The molecule has 0 spiro atoms. The van der Waals surface area contributed by atoms with Gasteiger partial charge in [0, 0.05) is 6.42 Å². The molecular weight excluding hydrogens is 340 g/mol. The van der Waals surface area contributed by atoms with Crippen LogP contribution in [0.25, 0.3) is 5.57 Å². The predicted octanol–water partition coefficient (Wildman–Crippen LogP) is 2.59. The summed E-state index contributed by atoms with van der Waals surface area (Å²) in [7, 11) is 1.53. The van der Waals surface area contributed by atoms with Crippen molar-refractivity contribution in [1.29, 1.82) is 0 Å². The van der Waals surface area contributed by atoms with Gasteiger partial charge in [-0.3, -0.25) is 0 Å². The number of methoxy groups -OCH3 is 1. The van der Waals surface area contributed by atoms with Crippen molar-refractivity contribution < 1.29 is 34.0 Å². The quantitative estimate of drug-likeness (QED) is 0.767. The molecule has 0 amide bonds. The second-order valence-electron chi connectivity index (χ2n) is 5.56. The lowest BCUT2D eigenvalue weighted by Gasteiger charge is -2.11. The molecule has 1 heterocycles. The standard InChI is InChI=1S/C19H16O7/c1-24-13-5-2-11(3-6-13)8-14(18(20)21)17(19(22)23)12-4-7-15-16(9-12)26-10-25-15/h2-7,9H,8,10H2,1H3,(H,20,21)(H,22,23)/b17-14-. The fourth-order valence-corrected chi connectivity index (χ4v) is 2.70. The highest BCUT2D eigenvalue weighted by Gasteiger charge is 2.24. The number of fused-ring (bicyclic) bond motifs is 1. The number of hydrogen-bond donors (Lipinski definition) is 2. The van der Waals surface area contributed by atoms with E-state index >= 15 is 0 Å². The molecular formula is C19H16O7. The van der Waals surface area contributed by atoms with Gasteiger partial charge in [-0.05, 0) is 35.4 Å². The molecule has 0 atom stereocenters. The van der Waals surface area contributed by atoms with E-state index in [-0.39, 0.29) is 29.9 Å². The molecule has 0 fully saturated rings. The van der Waals surface area contributed by atoms with Crippen LogP contribution < -0.4 is 14.2 Å². The molecule has 26 heavy (non-hydrogen) atoms. The van der Waals surface area contributed by atoms with Crippen LogP contribution in [0.2, 0.25) is 0 Å². The van der Waals surface area contributed by atoms with Gasteiger partial charge < -0.3 is 24.4 Å². The molecule has 7 heteroatoms. The van der Waals surface area contributed by atoms with Crippen LogP contribution in [0.4, 0.5) is 0 Å². The third-order valence-electron chi connectivity index (χ3n) is 3.98. The Balaban J connectivity index is 2.05. The lowest BCUT2D eigenvalue weighted by molar-refractivity contribution is -0.134. The summed E-state index contributed by atoms with van der Waals surface area (Å²) < 4.78 is 15.5. The van der Waals surface area contributed by atoms with Gasteiger partial charge in [0.25, 0.3) is 0 Å². The number of carboxylic acids is 2. The average molecular weight is 356 g/mol. The minimum absolute atomic E-state index is 0.0442. The van der Waals surface area contributed by atoms with E-state index < -0.39 is 11.9 Å². The average Bonchev–Trinajstić information content (AvgIpc) is 3.09. The molecule has 0 saturated carbocycles. The largest absolute Gasteiger partial charge is 0.497 e. The van der Waals surface area contributed by atoms with Crippen LogP contribution in [0.15, 0.2) is 48.0 Å². The van der Waals surface area contributed by atoms with Gasteiger partial charge in [-0.2, -0.15) is 0 Å². The summed E-state index contributed by atoms with van der Waals surface area (Å²) in [4.78, 5) is 23.6. The van der Waals surface area contributed by atoms with Crippen LogP contribution in [0.3, 0.4) is 0 Å². The Morgan fingerprint density at radius 1 is 1.00 bits per heavy atom. The zero-order valence-corrected chi connectivity index (χ0v) is 13.9. The maximum atomic E-state index is 11.8. The molecule has 1 aliphatic heterocycles. The van der Waals surface area contributed by atoms with E-state index in [0.717, 1.165) is 0 Å². The van der Waals surface area contributed by atoms with E-state index in [2.05, 4.69) is 0 Å². The van der Waals surface area contributed by atoms with Crippen molar-refractivity contribution in [2.45, 2.75) is 6.42 Å². The molecule has 2 aromatic carbocycles. The first-order valence-electron chi connectivity index (χ1n) is 7.72. The molecule has 2 N–H and O–H groups in total. The Kier molecular flexibility index (Phi) is 4.79. The minimum Gasteiger partial charge on any atom is -0.497 e. The summed E-state index contributed by atoms with van der Waals surface area (Å²) in [5.74, 6) is -1.12. The molecule has 134 valence electrons. The van der Waals surface area contributed by atoms with Crippen molar-refractivity contribution in [2.75, 3.05) is 13.9 Å². The Labute approximate surface area is 149 Å². The van der Waals surface area contributed by atoms with Gasteiger partial charge in [0.15, 0.2) is 11.5 Å². The summed E-state index contributed by atoms with van der Waals surface area (Å²) in [6, 6.07) is 11.3. The summed E-state index contributed by atoms with van der Waals surface area (Å²) >= 11 is 0. The zero-order valence-electron chi connectivity index (χ0n) is 13.9. The third-order valence-corrected chi connectivity index (χ3v) is 3.98. The fourth-order valence-electron chi connectivity index (χ4n) is 2.70. The monoisotopic (exact) mass is 356 g/mol. The Morgan fingerprint density at radius 3 is 2.31 bits per heavy atom. The van der Waals surface area contributed by atoms with E-state index in [0.29, 0.717) is 22.8 Å². The Morgan fingerprint density at radius 2 is 1.69 bits per heavy atom. The highest BCUT2D eigenvalue weighted by atomic mass is 16.7. The van der Waals surface area contributed by atoms with Crippen molar-refractivity contribution >= 4 is 17.5 Å². The third kappa shape index (κ3) is 3.46. The molecule has 0 saturated heterocycles. The fraction of sp³-hybridized carbons (Fsp3) is 0.158. The van der Waals surface area contributed by atoms with E-state index in [1.807, 2.05) is 0 Å². The van der Waals surface area contributed by atoms with Crippen molar-refractivity contribution in [3.63, 3.8) is 0 Å². The van der Waals surface area contributed by atoms with Gasteiger partial charge in [-0.25, -0.2) is 9.59 Å². The molecule has 0 bridgehead atoms. The Hall–Kier alpha value is -3.48. The SMILES string of the molecule is COc1ccc(C/C(C(=O)O)=C(/C(=O)O)c2ccc3c(c2)OCO3)cc1. The van der Waals surface area contributed by atoms with E-state index in [4.69, 9.17) is 14.2 Å². The number of rotatable bonds is 6. The second kappa shape index (κ2) is 7.18. The second-order valence-corrected chi connectivity index (χ2v) is 5.56. The van der Waals surface area contributed by atoms with Crippen LogP contribution in [-0.4, -0.2) is 36.1 Å². The van der Waals surface area contributed by atoms with Gasteiger partial charge in [0.05, 0.1) is 18.3 Å². The van der Waals surface area contributed by atoms with E-state index in [1.54, 1.807) is 30.3 Å². The van der Waals surface area contributed by atoms with Gasteiger partial charge in [-0.15, -0.1) is 0 Å². The first-order valence-corrected chi connectivity index (χ1v) is 7.72. The van der Waals surface area contributed by atoms with E-state index in [9.17, 15) is 19.8 Å². The van der Waals surface area contributed by atoms with Gasteiger partial charge >= 0.3 is 11.9 Å². The maximum Gasteiger partial charge on any atom is 0.336 e. The number of aliphatic carboxylic acids is 2. The predicted molar refractivity (Wildman–Crippen MR) is 91.5 cm³/mol. The van der Waals surface area contributed by atoms with Gasteiger partial charge in [0.1, 0.15) is 5.75 Å². The molecule has 7 nitrogen and oxygen atoms in total. The van der Waals surface area contributed by atoms with Crippen LogP contribution in [0.1, 0.15) is 11.1 Å². The summed E-state index contributed by atoms with van der Waals surface area (Å²) in [5.41, 5.74) is 0.392. The molecule has 3 rings (SSSR count). The number of hydrogen-bond acceptors (Lipinski definition) is 5. The maximum absolute atomic E-state index is 11.8. The molecule has 0 unspecified atom stereocenters. The number of benzene rings is 2. The van der Waals surface area contributed by atoms with Gasteiger partial charge in [0.2, 0.25) is 6.79 Å². The smallest absolute Gasteiger partial charge is 0.336 e. The van der Waals surface area contributed by atoms with Crippen LogP contribution in [-0.2, 0) is 16.0 Å². The Bertz CT molecular complexity index is 881. The number of carboxylic acid groups (broad SMARTS) is 2. The molecule has 2 aromatic rings.